The molecule has 7 nitrogen and oxygen atoms in total. The number of anilines is 2. The number of hydrogen-bond donors (Lipinski definition) is 2. The first-order valence-electron chi connectivity index (χ1n) is 7.86. The SMILES string of the molecule is COc1ccc(NC(=O)c2ccnc(NCCCN(C)C)n2)cc1Cl. The first-order valence-corrected chi connectivity index (χ1v) is 8.24. The van der Waals surface area contributed by atoms with Crippen molar-refractivity contribution >= 4 is 29.1 Å². The maximum absolute atomic E-state index is 12.3. The van der Waals surface area contributed by atoms with Crippen LogP contribution in [0.2, 0.25) is 5.02 Å². The van der Waals surface area contributed by atoms with Crippen LogP contribution in [0.5, 0.6) is 5.75 Å². The molecule has 25 heavy (non-hydrogen) atoms. The van der Waals surface area contributed by atoms with Crippen LogP contribution in [0.3, 0.4) is 0 Å². The Morgan fingerprint density at radius 3 is 2.80 bits per heavy atom. The Hall–Kier alpha value is -2.38. The third-order valence-electron chi connectivity index (χ3n) is 3.36. The van der Waals surface area contributed by atoms with Crippen LogP contribution in [0.1, 0.15) is 16.9 Å². The molecule has 1 heterocycles. The van der Waals surface area contributed by atoms with Gasteiger partial charge in [-0.1, -0.05) is 11.6 Å². The van der Waals surface area contributed by atoms with Crippen molar-refractivity contribution in [2.45, 2.75) is 6.42 Å². The molecule has 8 heteroatoms. The zero-order valence-corrected chi connectivity index (χ0v) is 15.3. The van der Waals surface area contributed by atoms with Crippen LogP contribution in [0.15, 0.2) is 30.5 Å². The predicted octanol–water partition coefficient (Wildman–Crippen LogP) is 2.75. The topological polar surface area (TPSA) is 79.4 Å². The van der Waals surface area contributed by atoms with Gasteiger partial charge in [-0.2, -0.15) is 0 Å². The molecule has 2 rings (SSSR count). The first-order chi connectivity index (χ1) is 12.0. The summed E-state index contributed by atoms with van der Waals surface area (Å²) in [6.07, 6.45) is 2.51. The molecule has 0 spiro atoms. The fourth-order valence-electron chi connectivity index (χ4n) is 2.11. The Kier molecular flexibility index (Phi) is 6.97. The van der Waals surface area contributed by atoms with Gasteiger partial charge < -0.3 is 20.3 Å². The molecule has 0 atom stereocenters. The summed E-state index contributed by atoms with van der Waals surface area (Å²) in [6, 6.07) is 6.59. The molecule has 0 aliphatic carbocycles. The first kappa shape index (κ1) is 19.0. The van der Waals surface area contributed by atoms with E-state index < -0.39 is 0 Å². The Labute approximate surface area is 152 Å². The summed E-state index contributed by atoms with van der Waals surface area (Å²) in [5.41, 5.74) is 0.840. The molecule has 0 saturated carbocycles. The lowest BCUT2D eigenvalue weighted by molar-refractivity contribution is 0.102. The minimum absolute atomic E-state index is 0.275. The second kappa shape index (κ2) is 9.19. The van der Waals surface area contributed by atoms with Gasteiger partial charge in [0.15, 0.2) is 0 Å². The van der Waals surface area contributed by atoms with E-state index in [1.807, 2.05) is 14.1 Å². The smallest absolute Gasteiger partial charge is 0.274 e. The van der Waals surface area contributed by atoms with Gasteiger partial charge in [-0.25, -0.2) is 9.97 Å². The Morgan fingerprint density at radius 1 is 1.32 bits per heavy atom. The minimum atomic E-state index is -0.333. The summed E-state index contributed by atoms with van der Waals surface area (Å²) in [7, 11) is 5.58. The van der Waals surface area contributed by atoms with Gasteiger partial charge in [-0.15, -0.1) is 0 Å². The number of carbonyl (C=O) groups excluding carboxylic acids is 1. The van der Waals surface area contributed by atoms with E-state index in [4.69, 9.17) is 16.3 Å². The molecule has 134 valence electrons. The van der Waals surface area contributed by atoms with E-state index in [0.717, 1.165) is 19.5 Å². The maximum Gasteiger partial charge on any atom is 0.274 e. The molecule has 0 fully saturated rings. The standard InChI is InChI=1S/C17H22ClN5O2/c1-23(2)10-4-8-19-17-20-9-7-14(22-17)16(24)21-12-5-6-15(25-3)13(18)11-12/h5-7,9,11H,4,8,10H2,1-3H3,(H,21,24)(H,19,20,22). The molecule has 0 unspecified atom stereocenters. The van der Waals surface area contributed by atoms with E-state index in [1.54, 1.807) is 30.5 Å². The normalized spacial score (nSPS) is 10.6. The average Bonchev–Trinajstić information content (AvgIpc) is 2.59. The van der Waals surface area contributed by atoms with Gasteiger partial charge in [0.2, 0.25) is 5.95 Å². The Balaban J connectivity index is 1.97. The molecule has 2 N–H and O–H groups in total. The van der Waals surface area contributed by atoms with Crippen molar-refractivity contribution < 1.29 is 9.53 Å². The van der Waals surface area contributed by atoms with Crippen molar-refractivity contribution in [3.8, 4) is 5.75 Å². The van der Waals surface area contributed by atoms with E-state index in [9.17, 15) is 4.79 Å². The highest BCUT2D eigenvalue weighted by Crippen LogP contribution is 2.27. The number of ether oxygens (including phenoxy) is 1. The van der Waals surface area contributed by atoms with Crippen LogP contribution in [-0.2, 0) is 0 Å². The van der Waals surface area contributed by atoms with Crippen molar-refractivity contribution in [2.75, 3.05) is 44.9 Å². The number of aromatic nitrogens is 2. The van der Waals surface area contributed by atoms with E-state index in [-0.39, 0.29) is 11.6 Å². The summed E-state index contributed by atoms with van der Waals surface area (Å²) in [6.45, 7) is 1.70. The average molecular weight is 364 g/mol. The molecule has 0 radical (unpaired) electrons. The Morgan fingerprint density at radius 2 is 2.12 bits per heavy atom. The van der Waals surface area contributed by atoms with Crippen LogP contribution < -0.4 is 15.4 Å². The number of nitrogens with zero attached hydrogens (tertiary/aromatic N) is 3. The number of amides is 1. The molecule has 0 bridgehead atoms. The highest BCUT2D eigenvalue weighted by molar-refractivity contribution is 6.32. The summed E-state index contributed by atoms with van der Waals surface area (Å²) in [5, 5.41) is 6.30. The van der Waals surface area contributed by atoms with Crippen molar-refractivity contribution in [3.05, 3.63) is 41.2 Å². The van der Waals surface area contributed by atoms with Crippen LogP contribution in [0, 0.1) is 0 Å². The van der Waals surface area contributed by atoms with E-state index in [0.29, 0.717) is 22.4 Å². The number of methoxy groups -OCH3 is 1. The summed E-state index contributed by atoms with van der Waals surface area (Å²) in [5.74, 6) is 0.644. The lowest BCUT2D eigenvalue weighted by Crippen LogP contribution is -2.18. The maximum atomic E-state index is 12.3. The van der Waals surface area contributed by atoms with Crippen LogP contribution in [0.25, 0.3) is 0 Å². The number of benzene rings is 1. The van der Waals surface area contributed by atoms with Crippen molar-refractivity contribution in [1.29, 1.82) is 0 Å². The molecular weight excluding hydrogens is 342 g/mol. The number of rotatable bonds is 8. The molecule has 1 aromatic heterocycles. The van der Waals surface area contributed by atoms with Gasteiger partial charge in [-0.3, -0.25) is 4.79 Å². The van der Waals surface area contributed by atoms with Gasteiger partial charge in [0.1, 0.15) is 11.4 Å². The van der Waals surface area contributed by atoms with Crippen LogP contribution >= 0.6 is 11.6 Å². The predicted molar refractivity (Wildman–Crippen MR) is 99.6 cm³/mol. The van der Waals surface area contributed by atoms with Crippen LogP contribution in [0.4, 0.5) is 11.6 Å². The zero-order chi connectivity index (χ0) is 18.2. The molecule has 1 aromatic carbocycles. The lowest BCUT2D eigenvalue weighted by Gasteiger charge is -2.10. The minimum Gasteiger partial charge on any atom is -0.495 e. The molecule has 1 amide bonds. The van der Waals surface area contributed by atoms with Crippen molar-refractivity contribution in [3.63, 3.8) is 0 Å². The Bertz CT molecular complexity index is 724. The third-order valence-corrected chi connectivity index (χ3v) is 3.66. The summed E-state index contributed by atoms with van der Waals surface area (Å²) < 4.78 is 5.09. The highest BCUT2D eigenvalue weighted by Gasteiger charge is 2.10. The fraction of sp³-hybridized carbons (Fsp3) is 0.353. The highest BCUT2D eigenvalue weighted by atomic mass is 35.5. The number of nitrogens with one attached hydrogen (secondary N) is 2. The van der Waals surface area contributed by atoms with Crippen LogP contribution in [-0.4, -0.2) is 55.1 Å². The number of hydrogen-bond acceptors (Lipinski definition) is 6. The molecular formula is C17H22ClN5O2. The van der Waals surface area contributed by atoms with Gasteiger partial charge in [0.05, 0.1) is 12.1 Å². The molecule has 0 aliphatic heterocycles. The summed E-state index contributed by atoms with van der Waals surface area (Å²) >= 11 is 6.06. The van der Waals surface area contributed by atoms with Crippen molar-refractivity contribution in [1.82, 2.24) is 14.9 Å². The van der Waals surface area contributed by atoms with E-state index in [2.05, 4.69) is 25.5 Å². The van der Waals surface area contributed by atoms with Gasteiger partial charge >= 0.3 is 0 Å². The van der Waals surface area contributed by atoms with Gasteiger partial charge in [0.25, 0.3) is 5.91 Å². The zero-order valence-electron chi connectivity index (χ0n) is 14.5. The number of halogens is 1. The van der Waals surface area contributed by atoms with E-state index in [1.165, 1.54) is 7.11 Å². The molecule has 0 aliphatic rings. The number of carbonyl (C=O) groups is 1. The fourth-order valence-corrected chi connectivity index (χ4v) is 2.36. The monoisotopic (exact) mass is 363 g/mol. The molecule has 0 saturated heterocycles. The van der Waals surface area contributed by atoms with Crippen molar-refractivity contribution in [2.24, 2.45) is 0 Å². The second-order valence-corrected chi connectivity index (χ2v) is 6.06. The largest absolute Gasteiger partial charge is 0.495 e. The molecule has 2 aromatic rings. The van der Waals surface area contributed by atoms with Gasteiger partial charge in [-0.05, 0) is 51.3 Å². The van der Waals surface area contributed by atoms with E-state index >= 15 is 0 Å². The second-order valence-electron chi connectivity index (χ2n) is 5.65. The van der Waals surface area contributed by atoms with Gasteiger partial charge in [0, 0.05) is 18.4 Å². The quantitative estimate of drug-likeness (QED) is 0.702. The lowest BCUT2D eigenvalue weighted by atomic mass is 10.3. The third kappa shape index (κ3) is 5.88. The summed E-state index contributed by atoms with van der Waals surface area (Å²) in [4.78, 5) is 22.8.